The van der Waals surface area contributed by atoms with Gasteiger partial charge in [-0.05, 0) is 30.7 Å². The number of nitrogens with two attached hydrogens (primary N) is 1. The first kappa shape index (κ1) is 17.9. The molecular formula is C22H17N5O3. The van der Waals surface area contributed by atoms with Crippen LogP contribution in [0.2, 0.25) is 0 Å². The number of nitrogens with one attached hydrogen (secondary N) is 1. The van der Waals surface area contributed by atoms with E-state index in [0.29, 0.717) is 17.7 Å². The zero-order valence-electron chi connectivity index (χ0n) is 16.0. The number of benzene rings is 2. The summed E-state index contributed by atoms with van der Waals surface area (Å²) in [5.74, 6) is -0.451. The van der Waals surface area contributed by atoms with Crippen LogP contribution in [0, 0.1) is 6.92 Å². The topological polar surface area (TPSA) is 112 Å². The minimum Gasteiger partial charge on any atom is -0.384 e. The number of hydrogen-bond acceptors (Lipinski definition) is 5. The molecule has 0 atom stereocenters. The molecule has 8 heteroatoms. The van der Waals surface area contributed by atoms with Crippen molar-refractivity contribution in [2.75, 3.05) is 5.73 Å². The van der Waals surface area contributed by atoms with Crippen LogP contribution in [-0.4, -0.2) is 25.9 Å². The van der Waals surface area contributed by atoms with Gasteiger partial charge in [0, 0.05) is 12.6 Å². The standard InChI is InChI=1S/C22H17N5O3/c1-12-24-16-9-14(7-8-17(16)26(12)11-13-5-3-2-4-6-13)27-18(28)10-15-19(20(27)23)22(30)25-21(15)29/h2-10H,11,23H2,1H3,(H,25,29,30). The maximum absolute atomic E-state index is 12.7. The van der Waals surface area contributed by atoms with Gasteiger partial charge in [0.05, 0.1) is 27.8 Å². The number of pyridine rings is 1. The van der Waals surface area contributed by atoms with Crippen LogP contribution in [0.3, 0.4) is 0 Å². The predicted octanol–water partition coefficient (Wildman–Crippen LogP) is 2.01. The molecule has 3 heterocycles. The molecule has 0 aliphatic carbocycles. The summed E-state index contributed by atoms with van der Waals surface area (Å²) >= 11 is 0. The Morgan fingerprint density at radius 1 is 1.00 bits per heavy atom. The highest BCUT2D eigenvalue weighted by molar-refractivity contribution is 6.23. The molecule has 4 aromatic rings. The molecule has 0 spiro atoms. The van der Waals surface area contributed by atoms with Gasteiger partial charge in [-0.2, -0.15) is 0 Å². The van der Waals surface area contributed by atoms with E-state index in [0.717, 1.165) is 23.0 Å². The van der Waals surface area contributed by atoms with Crippen LogP contribution in [0.5, 0.6) is 0 Å². The summed E-state index contributed by atoms with van der Waals surface area (Å²) in [6.45, 7) is 2.60. The summed E-state index contributed by atoms with van der Waals surface area (Å²) in [6, 6.07) is 16.6. The molecule has 0 saturated carbocycles. The first-order valence-electron chi connectivity index (χ1n) is 9.36. The highest BCUT2D eigenvalue weighted by Crippen LogP contribution is 2.25. The van der Waals surface area contributed by atoms with E-state index >= 15 is 0 Å². The SMILES string of the molecule is Cc1nc2cc(-n3c(N)c4c(cc3=O)C(=O)NC4=O)ccc2n1Cc1ccccc1. The number of imidazole rings is 1. The minimum atomic E-state index is -0.614. The van der Waals surface area contributed by atoms with Gasteiger partial charge in [-0.15, -0.1) is 0 Å². The first-order chi connectivity index (χ1) is 14.4. The van der Waals surface area contributed by atoms with E-state index in [2.05, 4.69) is 27.0 Å². The van der Waals surface area contributed by atoms with Crippen LogP contribution in [0.25, 0.3) is 16.7 Å². The molecule has 148 valence electrons. The zero-order valence-corrected chi connectivity index (χ0v) is 16.0. The fourth-order valence-corrected chi connectivity index (χ4v) is 3.89. The number of hydrogen-bond donors (Lipinski definition) is 2. The molecule has 0 unspecified atom stereocenters. The Labute approximate surface area is 170 Å². The molecule has 30 heavy (non-hydrogen) atoms. The number of nitrogens with zero attached hydrogens (tertiary/aromatic N) is 3. The quantitative estimate of drug-likeness (QED) is 0.512. The average molecular weight is 399 g/mol. The Morgan fingerprint density at radius 2 is 1.77 bits per heavy atom. The fourth-order valence-electron chi connectivity index (χ4n) is 3.89. The number of carbonyl (C=O) groups is 2. The summed E-state index contributed by atoms with van der Waals surface area (Å²) in [5.41, 5.74) is 8.90. The molecule has 3 N–H and O–H groups in total. The van der Waals surface area contributed by atoms with E-state index in [1.54, 1.807) is 12.1 Å². The van der Waals surface area contributed by atoms with Crippen molar-refractivity contribution in [3.63, 3.8) is 0 Å². The molecule has 5 rings (SSSR count). The van der Waals surface area contributed by atoms with Crippen molar-refractivity contribution in [1.29, 1.82) is 0 Å². The monoisotopic (exact) mass is 399 g/mol. The highest BCUT2D eigenvalue weighted by atomic mass is 16.2. The first-order valence-corrected chi connectivity index (χ1v) is 9.36. The van der Waals surface area contributed by atoms with Gasteiger partial charge in [-0.1, -0.05) is 30.3 Å². The largest absolute Gasteiger partial charge is 0.384 e. The van der Waals surface area contributed by atoms with Crippen molar-refractivity contribution >= 4 is 28.7 Å². The lowest BCUT2D eigenvalue weighted by atomic mass is 10.1. The van der Waals surface area contributed by atoms with E-state index in [4.69, 9.17) is 5.73 Å². The number of imide groups is 1. The van der Waals surface area contributed by atoms with Gasteiger partial charge >= 0.3 is 0 Å². The van der Waals surface area contributed by atoms with Gasteiger partial charge in [-0.25, -0.2) is 4.98 Å². The zero-order chi connectivity index (χ0) is 21.0. The van der Waals surface area contributed by atoms with Crippen molar-refractivity contribution in [3.8, 4) is 5.69 Å². The fraction of sp³-hybridized carbons (Fsp3) is 0.0909. The number of fused-ring (bicyclic) bond motifs is 2. The average Bonchev–Trinajstić information content (AvgIpc) is 3.18. The van der Waals surface area contributed by atoms with E-state index in [9.17, 15) is 14.4 Å². The Bertz CT molecular complexity index is 1420. The van der Waals surface area contributed by atoms with Gasteiger partial charge in [-0.3, -0.25) is 24.3 Å². The second kappa shape index (κ2) is 6.41. The Hall–Kier alpha value is -4.20. The van der Waals surface area contributed by atoms with E-state index in [1.807, 2.05) is 31.2 Å². The van der Waals surface area contributed by atoms with E-state index in [1.165, 1.54) is 4.57 Å². The maximum atomic E-state index is 12.7. The van der Waals surface area contributed by atoms with Crippen molar-refractivity contribution in [3.05, 3.63) is 87.5 Å². The van der Waals surface area contributed by atoms with Crippen LogP contribution >= 0.6 is 0 Å². The molecule has 2 aromatic heterocycles. The summed E-state index contributed by atoms with van der Waals surface area (Å²) in [5, 5.41) is 2.17. The molecule has 0 bridgehead atoms. The molecule has 0 saturated heterocycles. The lowest BCUT2D eigenvalue weighted by Gasteiger charge is -2.12. The lowest BCUT2D eigenvalue weighted by Crippen LogP contribution is -2.24. The van der Waals surface area contributed by atoms with Crippen LogP contribution in [0.15, 0.2) is 59.4 Å². The molecular weight excluding hydrogens is 382 g/mol. The molecule has 8 nitrogen and oxygen atoms in total. The summed E-state index contributed by atoms with van der Waals surface area (Å²) < 4.78 is 3.32. The minimum absolute atomic E-state index is 0.00260. The molecule has 2 amide bonds. The summed E-state index contributed by atoms with van der Waals surface area (Å²) in [4.78, 5) is 41.2. The third-order valence-electron chi connectivity index (χ3n) is 5.32. The molecule has 1 aliphatic rings. The van der Waals surface area contributed by atoms with Gasteiger partial charge in [0.15, 0.2) is 0 Å². The number of aromatic nitrogens is 3. The van der Waals surface area contributed by atoms with Crippen LogP contribution in [0.4, 0.5) is 5.82 Å². The van der Waals surface area contributed by atoms with E-state index in [-0.39, 0.29) is 16.9 Å². The lowest BCUT2D eigenvalue weighted by molar-refractivity contribution is 0.0880. The summed E-state index contributed by atoms with van der Waals surface area (Å²) in [6.07, 6.45) is 0. The normalized spacial score (nSPS) is 13.0. The number of rotatable bonds is 3. The third-order valence-corrected chi connectivity index (χ3v) is 5.32. The Morgan fingerprint density at radius 3 is 2.53 bits per heavy atom. The van der Waals surface area contributed by atoms with Crippen molar-refractivity contribution in [1.82, 2.24) is 19.4 Å². The van der Waals surface area contributed by atoms with Gasteiger partial charge in [0.1, 0.15) is 11.6 Å². The summed E-state index contributed by atoms with van der Waals surface area (Å²) in [7, 11) is 0. The second-order valence-electron chi connectivity index (χ2n) is 7.18. The maximum Gasteiger partial charge on any atom is 0.262 e. The molecule has 0 radical (unpaired) electrons. The van der Waals surface area contributed by atoms with Gasteiger partial charge < -0.3 is 10.3 Å². The second-order valence-corrected chi connectivity index (χ2v) is 7.18. The van der Waals surface area contributed by atoms with Crippen molar-refractivity contribution in [2.45, 2.75) is 13.5 Å². The predicted molar refractivity (Wildman–Crippen MR) is 112 cm³/mol. The number of nitrogen functional groups attached to an aromatic ring is 1. The molecule has 1 aliphatic heterocycles. The number of amides is 2. The third kappa shape index (κ3) is 2.61. The Kier molecular flexibility index (Phi) is 3.82. The number of anilines is 1. The van der Waals surface area contributed by atoms with Gasteiger partial charge in [0.25, 0.3) is 17.4 Å². The van der Waals surface area contributed by atoms with Crippen LogP contribution < -0.4 is 16.6 Å². The number of aryl methyl sites for hydroxylation is 1. The van der Waals surface area contributed by atoms with Crippen molar-refractivity contribution in [2.24, 2.45) is 0 Å². The Balaban J connectivity index is 1.64. The van der Waals surface area contributed by atoms with Crippen molar-refractivity contribution < 1.29 is 9.59 Å². The van der Waals surface area contributed by atoms with Crippen LogP contribution in [0.1, 0.15) is 32.1 Å². The van der Waals surface area contributed by atoms with E-state index < -0.39 is 17.4 Å². The molecule has 2 aromatic carbocycles. The van der Waals surface area contributed by atoms with Crippen LogP contribution in [-0.2, 0) is 6.54 Å². The molecule has 0 fully saturated rings. The van der Waals surface area contributed by atoms with Gasteiger partial charge in [0.2, 0.25) is 0 Å². The smallest absolute Gasteiger partial charge is 0.262 e. The number of carbonyl (C=O) groups excluding carboxylic acids is 2. The highest BCUT2D eigenvalue weighted by Gasteiger charge is 2.31.